The molecule has 0 aliphatic carbocycles. The number of amides is 2. The van der Waals surface area contributed by atoms with Crippen molar-refractivity contribution in [3.05, 3.63) is 123 Å². The molecule has 8 nitrogen and oxygen atoms in total. The zero-order valence-electron chi connectivity index (χ0n) is 26.4. The first-order valence-corrected chi connectivity index (χ1v) is 17.3. The molecule has 0 aliphatic heterocycles. The molecule has 0 bridgehead atoms. The van der Waals surface area contributed by atoms with Gasteiger partial charge in [-0.15, -0.1) is 0 Å². The van der Waals surface area contributed by atoms with Crippen molar-refractivity contribution in [1.82, 2.24) is 10.2 Å². The van der Waals surface area contributed by atoms with E-state index in [9.17, 15) is 18.0 Å². The Hall–Kier alpha value is -3.76. The van der Waals surface area contributed by atoms with Crippen LogP contribution in [0.2, 0.25) is 15.1 Å². The average molecular weight is 717 g/mol. The van der Waals surface area contributed by atoms with Gasteiger partial charge in [-0.1, -0.05) is 71.2 Å². The predicted molar refractivity (Wildman–Crippen MR) is 188 cm³/mol. The topological polar surface area (TPSA) is 96.0 Å². The van der Waals surface area contributed by atoms with Crippen molar-refractivity contribution in [2.75, 3.05) is 18.0 Å². The number of anilines is 1. The van der Waals surface area contributed by atoms with Gasteiger partial charge >= 0.3 is 0 Å². The number of carbonyl (C=O) groups is 2. The fourth-order valence-electron chi connectivity index (χ4n) is 4.87. The summed E-state index contributed by atoms with van der Waals surface area (Å²) in [6.45, 7) is 4.71. The Bertz CT molecular complexity index is 1780. The van der Waals surface area contributed by atoms with Crippen molar-refractivity contribution in [3.8, 4) is 5.75 Å². The Morgan fingerprint density at radius 3 is 1.98 bits per heavy atom. The Morgan fingerprint density at radius 1 is 0.830 bits per heavy atom. The first-order chi connectivity index (χ1) is 22.2. The molecule has 1 atom stereocenters. The van der Waals surface area contributed by atoms with Gasteiger partial charge in [0.05, 0.1) is 17.7 Å². The first kappa shape index (κ1) is 36.1. The highest BCUT2D eigenvalue weighted by Crippen LogP contribution is 2.30. The lowest BCUT2D eigenvalue weighted by Gasteiger charge is -2.35. The maximum Gasteiger partial charge on any atom is 0.264 e. The van der Waals surface area contributed by atoms with E-state index < -0.39 is 40.0 Å². The second-order valence-corrected chi connectivity index (χ2v) is 14.9. The molecule has 4 rings (SSSR count). The number of rotatable bonds is 12. The lowest BCUT2D eigenvalue weighted by atomic mass is 10.0. The third-order valence-electron chi connectivity index (χ3n) is 7.20. The number of sulfonamides is 1. The summed E-state index contributed by atoms with van der Waals surface area (Å²) in [5.74, 6) is -0.610. The molecule has 0 saturated carbocycles. The number of benzene rings is 4. The van der Waals surface area contributed by atoms with E-state index in [1.165, 1.54) is 60.5 Å². The maximum atomic E-state index is 14.6. The minimum Gasteiger partial charge on any atom is -0.497 e. The van der Waals surface area contributed by atoms with E-state index in [-0.39, 0.29) is 23.5 Å². The largest absolute Gasteiger partial charge is 0.497 e. The third-order valence-corrected chi connectivity index (χ3v) is 9.95. The van der Waals surface area contributed by atoms with E-state index in [2.05, 4.69) is 5.32 Å². The lowest BCUT2D eigenvalue weighted by Crippen LogP contribution is -2.56. The van der Waals surface area contributed by atoms with Crippen molar-refractivity contribution in [3.63, 3.8) is 0 Å². The standard InChI is InChI=1S/C35H36Cl3N3O5S/c1-35(2,3)39-34(43)32(21-24-9-6-5-7-10-24)40(22-29-30(37)11-8-12-31(29)38)33(42)23-41(26-15-13-25(36)14-16-26)47(44,45)28-19-17-27(46-4)18-20-28/h5-20,32H,21-23H2,1-4H3,(H,39,43). The Balaban J connectivity index is 1.85. The summed E-state index contributed by atoms with van der Waals surface area (Å²) >= 11 is 19.3. The van der Waals surface area contributed by atoms with Crippen LogP contribution < -0.4 is 14.4 Å². The summed E-state index contributed by atoms with van der Waals surface area (Å²) in [6, 6.07) is 25.1. The molecule has 0 aromatic heterocycles. The highest BCUT2D eigenvalue weighted by Gasteiger charge is 2.36. The molecule has 1 unspecified atom stereocenters. The molecule has 0 radical (unpaired) electrons. The number of hydrogen-bond donors (Lipinski definition) is 1. The van der Waals surface area contributed by atoms with Crippen LogP contribution in [-0.2, 0) is 32.6 Å². The monoisotopic (exact) mass is 715 g/mol. The normalized spacial score (nSPS) is 12.2. The summed E-state index contributed by atoms with van der Waals surface area (Å²) in [5.41, 5.74) is 0.787. The minimum absolute atomic E-state index is 0.0620. The molecule has 2 amide bonds. The maximum absolute atomic E-state index is 14.6. The number of nitrogens with zero attached hydrogens (tertiary/aromatic N) is 2. The fourth-order valence-corrected chi connectivity index (χ4v) is 6.93. The number of halogens is 3. The van der Waals surface area contributed by atoms with Crippen LogP contribution in [-0.4, -0.2) is 50.4 Å². The van der Waals surface area contributed by atoms with Gasteiger partial charge in [0.2, 0.25) is 11.8 Å². The molecule has 0 saturated heterocycles. The van der Waals surface area contributed by atoms with Crippen LogP contribution in [0.3, 0.4) is 0 Å². The van der Waals surface area contributed by atoms with Gasteiger partial charge in [-0.25, -0.2) is 8.42 Å². The average Bonchev–Trinajstić information content (AvgIpc) is 3.02. The smallest absolute Gasteiger partial charge is 0.264 e. The van der Waals surface area contributed by atoms with E-state index in [0.717, 1.165) is 9.87 Å². The van der Waals surface area contributed by atoms with Crippen LogP contribution in [0, 0.1) is 0 Å². The quantitative estimate of drug-likeness (QED) is 0.165. The summed E-state index contributed by atoms with van der Waals surface area (Å²) < 4.78 is 34.6. The molecule has 248 valence electrons. The van der Waals surface area contributed by atoms with Gasteiger partial charge in [0.15, 0.2) is 0 Å². The van der Waals surface area contributed by atoms with Gasteiger partial charge in [-0.2, -0.15) is 0 Å². The highest BCUT2D eigenvalue weighted by atomic mass is 35.5. The molecule has 12 heteroatoms. The molecule has 0 heterocycles. The molecular weight excluding hydrogens is 681 g/mol. The van der Waals surface area contributed by atoms with Crippen LogP contribution in [0.25, 0.3) is 0 Å². The first-order valence-electron chi connectivity index (χ1n) is 14.7. The zero-order chi connectivity index (χ0) is 34.4. The van der Waals surface area contributed by atoms with Crippen molar-refractivity contribution < 1.29 is 22.7 Å². The van der Waals surface area contributed by atoms with Crippen LogP contribution in [0.4, 0.5) is 5.69 Å². The summed E-state index contributed by atoms with van der Waals surface area (Å²) in [6.07, 6.45) is 0.142. The van der Waals surface area contributed by atoms with Crippen LogP contribution >= 0.6 is 34.8 Å². The number of hydrogen-bond acceptors (Lipinski definition) is 5. The Morgan fingerprint density at radius 2 is 1.43 bits per heavy atom. The van der Waals surface area contributed by atoms with Crippen molar-refractivity contribution in [2.45, 2.75) is 50.2 Å². The molecule has 47 heavy (non-hydrogen) atoms. The molecule has 4 aromatic rings. The van der Waals surface area contributed by atoms with Gasteiger partial charge in [0.25, 0.3) is 10.0 Å². The van der Waals surface area contributed by atoms with E-state index in [4.69, 9.17) is 39.5 Å². The summed E-state index contributed by atoms with van der Waals surface area (Å²) in [4.78, 5) is 29.9. The van der Waals surface area contributed by atoms with Gasteiger partial charge in [-0.05, 0) is 87.0 Å². The Labute approximate surface area is 291 Å². The molecule has 4 aromatic carbocycles. The molecule has 0 spiro atoms. The van der Waals surface area contributed by atoms with Crippen LogP contribution in [0.1, 0.15) is 31.9 Å². The second-order valence-electron chi connectivity index (χ2n) is 11.8. The third kappa shape index (κ3) is 9.41. The van der Waals surface area contributed by atoms with Gasteiger partial charge in [-0.3, -0.25) is 13.9 Å². The van der Waals surface area contributed by atoms with Crippen LogP contribution in [0.5, 0.6) is 5.75 Å². The van der Waals surface area contributed by atoms with Crippen molar-refractivity contribution in [1.29, 1.82) is 0 Å². The van der Waals surface area contributed by atoms with Crippen molar-refractivity contribution >= 4 is 62.3 Å². The predicted octanol–water partition coefficient (Wildman–Crippen LogP) is 7.41. The molecule has 1 N–H and O–H groups in total. The second kappa shape index (κ2) is 15.4. The molecule has 0 fully saturated rings. The summed E-state index contributed by atoms with van der Waals surface area (Å²) in [7, 11) is -2.83. The van der Waals surface area contributed by atoms with E-state index in [1.54, 1.807) is 18.2 Å². The van der Waals surface area contributed by atoms with E-state index in [0.29, 0.717) is 26.4 Å². The number of methoxy groups -OCH3 is 1. The molecular formula is C35H36Cl3N3O5S. The molecule has 0 aliphatic rings. The van der Waals surface area contributed by atoms with Crippen molar-refractivity contribution in [2.24, 2.45) is 0 Å². The minimum atomic E-state index is -4.31. The van der Waals surface area contributed by atoms with Gasteiger partial charge in [0.1, 0.15) is 18.3 Å². The van der Waals surface area contributed by atoms with Gasteiger partial charge < -0.3 is 15.0 Å². The highest BCUT2D eigenvalue weighted by molar-refractivity contribution is 7.92. The van der Waals surface area contributed by atoms with E-state index in [1.807, 2.05) is 51.1 Å². The SMILES string of the molecule is COc1ccc(S(=O)(=O)N(CC(=O)N(Cc2c(Cl)cccc2Cl)C(Cc2ccccc2)C(=O)NC(C)(C)C)c2ccc(Cl)cc2)cc1. The number of ether oxygens (including phenoxy) is 1. The zero-order valence-corrected chi connectivity index (χ0v) is 29.5. The van der Waals surface area contributed by atoms with E-state index >= 15 is 0 Å². The fraction of sp³-hybridized carbons (Fsp3) is 0.257. The summed E-state index contributed by atoms with van der Waals surface area (Å²) in [5, 5.41) is 3.97. The number of carbonyl (C=O) groups excluding carboxylic acids is 2. The van der Waals surface area contributed by atoms with Gasteiger partial charge in [0, 0.05) is 39.1 Å². The Kier molecular flexibility index (Phi) is 11.8. The van der Waals surface area contributed by atoms with Crippen LogP contribution in [0.15, 0.2) is 102 Å². The lowest BCUT2D eigenvalue weighted by molar-refractivity contribution is -0.140. The number of nitrogens with one attached hydrogen (secondary N) is 1.